The van der Waals surface area contributed by atoms with Crippen molar-refractivity contribution < 1.29 is 23.1 Å². The van der Waals surface area contributed by atoms with Crippen molar-refractivity contribution in [3.05, 3.63) is 23.8 Å². The normalized spacial score (nSPS) is 21.3. The highest BCUT2D eigenvalue weighted by atomic mass is 19.4. The summed E-state index contributed by atoms with van der Waals surface area (Å²) in [5.74, 6) is 0.380. The van der Waals surface area contributed by atoms with E-state index >= 15 is 0 Å². The van der Waals surface area contributed by atoms with Crippen LogP contribution in [0.15, 0.2) is 12.4 Å². The third-order valence-electron chi connectivity index (χ3n) is 4.98. The summed E-state index contributed by atoms with van der Waals surface area (Å²) in [4.78, 5) is 19.6. The Kier molecular flexibility index (Phi) is 3.93. The summed E-state index contributed by atoms with van der Waals surface area (Å²) in [6.45, 7) is 1.21. The molecule has 2 heterocycles. The van der Waals surface area contributed by atoms with Crippen LogP contribution in [-0.4, -0.2) is 39.2 Å². The number of rotatable bonds is 2. The number of likely N-dealkylation sites (tertiary alicyclic amines) is 1. The minimum atomic E-state index is -4.46. The van der Waals surface area contributed by atoms with Crippen LogP contribution in [0, 0.1) is 11.3 Å². The van der Waals surface area contributed by atoms with Crippen molar-refractivity contribution in [3.63, 3.8) is 0 Å². The number of carboxylic acid groups (broad SMARTS) is 1. The molecular formula is C15H18F3N3O2. The second kappa shape index (κ2) is 5.65. The number of halogens is 3. The molecule has 5 nitrogen and oxygen atoms in total. The first-order valence-electron chi connectivity index (χ1n) is 7.63. The molecular weight excluding hydrogens is 311 g/mol. The Morgan fingerprint density at radius 1 is 1.26 bits per heavy atom. The summed E-state index contributed by atoms with van der Waals surface area (Å²) in [6.07, 6.45) is 1.15. The first kappa shape index (κ1) is 16.0. The van der Waals surface area contributed by atoms with Crippen molar-refractivity contribution in [2.75, 3.05) is 13.1 Å². The SMILES string of the molecule is O=C(O)N1CC2(CCC(Cc3cnc(C(F)(F)F)cn3)CC2)C1. The van der Waals surface area contributed by atoms with Crippen LogP contribution < -0.4 is 0 Å². The Balaban J connectivity index is 1.51. The average molecular weight is 329 g/mol. The minimum absolute atomic E-state index is 0.126. The molecule has 0 radical (unpaired) electrons. The van der Waals surface area contributed by atoms with E-state index in [1.165, 1.54) is 11.1 Å². The summed E-state index contributed by atoms with van der Waals surface area (Å²) in [7, 11) is 0. The predicted molar refractivity (Wildman–Crippen MR) is 74.7 cm³/mol. The zero-order chi connectivity index (χ0) is 16.7. The van der Waals surface area contributed by atoms with Gasteiger partial charge in [-0.25, -0.2) is 9.78 Å². The molecule has 0 bridgehead atoms. The first-order valence-corrected chi connectivity index (χ1v) is 7.63. The maximum Gasteiger partial charge on any atom is 0.434 e. The smallest absolute Gasteiger partial charge is 0.434 e. The lowest BCUT2D eigenvalue weighted by atomic mass is 9.65. The number of alkyl halides is 3. The summed E-state index contributed by atoms with van der Waals surface area (Å²) in [5, 5.41) is 8.90. The molecule has 1 aliphatic carbocycles. The monoisotopic (exact) mass is 329 g/mol. The average Bonchev–Trinajstić information content (AvgIpc) is 2.45. The van der Waals surface area contributed by atoms with Crippen LogP contribution in [-0.2, 0) is 12.6 Å². The Hall–Kier alpha value is -1.86. The zero-order valence-corrected chi connectivity index (χ0v) is 12.5. The number of hydrogen-bond donors (Lipinski definition) is 1. The Bertz CT molecular complexity index is 573. The topological polar surface area (TPSA) is 66.3 Å². The largest absolute Gasteiger partial charge is 0.465 e. The van der Waals surface area contributed by atoms with E-state index in [-0.39, 0.29) is 5.41 Å². The molecule has 1 spiro atoms. The molecule has 0 unspecified atom stereocenters. The fraction of sp³-hybridized carbons (Fsp3) is 0.667. The standard InChI is InChI=1S/C15H18F3N3O2/c16-15(17,18)12-7-19-11(6-20-12)5-10-1-3-14(4-2-10)8-21(9-14)13(22)23/h6-7,10H,1-5,8-9H2,(H,22,23). The maximum atomic E-state index is 12.4. The van der Waals surface area contributed by atoms with Gasteiger partial charge in [0.1, 0.15) is 0 Å². The van der Waals surface area contributed by atoms with Gasteiger partial charge in [0.25, 0.3) is 0 Å². The summed E-state index contributed by atoms with van der Waals surface area (Å²) in [6, 6.07) is 0. The minimum Gasteiger partial charge on any atom is -0.465 e. The third kappa shape index (κ3) is 3.40. The number of carbonyl (C=O) groups is 1. The van der Waals surface area contributed by atoms with E-state index in [0.717, 1.165) is 31.9 Å². The fourth-order valence-corrected chi connectivity index (χ4v) is 3.61. The van der Waals surface area contributed by atoms with Crippen LogP contribution in [0.4, 0.5) is 18.0 Å². The number of aromatic nitrogens is 2. The van der Waals surface area contributed by atoms with Crippen molar-refractivity contribution in [2.45, 2.75) is 38.3 Å². The quantitative estimate of drug-likeness (QED) is 0.905. The molecule has 3 rings (SSSR count). The van der Waals surface area contributed by atoms with Crippen LogP contribution in [0.1, 0.15) is 37.1 Å². The van der Waals surface area contributed by atoms with Crippen molar-refractivity contribution in [1.29, 1.82) is 0 Å². The van der Waals surface area contributed by atoms with E-state index in [1.807, 2.05) is 0 Å². The van der Waals surface area contributed by atoms with E-state index in [1.54, 1.807) is 0 Å². The van der Waals surface area contributed by atoms with Crippen LogP contribution in [0.3, 0.4) is 0 Å². The molecule has 1 saturated heterocycles. The number of nitrogens with zero attached hydrogens (tertiary/aromatic N) is 3. The van der Waals surface area contributed by atoms with E-state index in [2.05, 4.69) is 9.97 Å². The summed E-state index contributed by atoms with van der Waals surface area (Å²) >= 11 is 0. The molecule has 2 fully saturated rings. The maximum absolute atomic E-state index is 12.4. The highest BCUT2D eigenvalue weighted by Crippen LogP contribution is 2.46. The van der Waals surface area contributed by atoms with E-state index in [9.17, 15) is 18.0 Å². The lowest BCUT2D eigenvalue weighted by Gasteiger charge is -2.52. The number of amides is 1. The molecule has 1 aromatic heterocycles. The van der Waals surface area contributed by atoms with Crippen molar-refractivity contribution in [3.8, 4) is 0 Å². The van der Waals surface area contributed by atoms with E-state index < -0.39 is 18.0 Å². The van der Waals surface area contributed by atoms with Gasteiger partial charge in [0.2, 0.25) is 0 Å². The number of hydrogen-bond acceptors (Lipinski definition) is 3. The third-order valence-corrected chi connectivity index (χ3v) is 4.98. The molecule has 0 atom stereocenters. The molecule has 8 heteroatoms. The molecule has 1 amide bonds. The van der Waals surface area contributed by atoms with Crippen LogP contribution in [0.5, 0.6) is 0 Å². The van der Waals surface area contributed by atoms with Gasteiger partial charge in [0, 0.05) is 24.7 Å². The van der Waals surface area contributed by atoms with Gasteiger partial charge in [-0.2, -0.15) is 13.2 Å². The predicted octanol–water partition coefficient (Wildman–Crippen LogP) is 3.21. The second-order valence-corrected chi connectivity index (χ2v) is 6.68. The highest BCUT2D eigenvalue weighted by Gasteiger charge is 2.46. The molecule has 1 aromatic rings. The van der Waals surface area contributed by atoms with Gasteiger partial charge in [-0.15, -0.1) is 0 Å². The molecule has 1 saturated carbocycles. The highest BCUT2D eigenvalue weighted by molar-refractivity contribution is 5.66. The Morgan fingerprint density at radius 3 is 2.39 bits per heavy atom. The molecule has 23 heavy (non-hydrogen) atoms. The van der Waals surface area contributed by atoms with Gasteiger partial charge in [-0.3, -0.25) is 4.98 Å². The molecule has 1 aliphatic heterocycles. The van der Waals surface area contributed by atoms with Gasteiger partial charge in [-0.05, 0) is 38.0 Å². The van der Waals surface area contributed by atoms with Gasteiger partial charge in [0.15, 0.2) is 5.69 Å². The Labute approximate surface area is 131 Å². The van der Waals surface area contributed by atoms with Crippen LogP contribution in [0.2, 0.25) is 0 Å². The lowest BCUT2D eigenvalue weighted by molar-refractivity contribution is -0.141. The van der Waals surface area contributed by atoms with Crippen molar-refractivity contribution in [1.82, 2.24) is 14.9 Å². The van der Waals surface area contributed by atoms with E-state index in [0.29, 0.717) is 31.1 Å². The first-order chi connectivity index (χ1) is 10.8. The molecule has 0 aromatic carbocycles. The van der Waals surface area contributed by atoms with Crippen LogP contribution in [0.25, 0.3) is 0 Å². The summed E-state index contributed by atoms with van der Waals surface area (Å²) in [5.41, 5.74) is -0.257. The van der Waals surface area contributed by atoms with Crippen LogP contribution >= 0.6 is 0 Å². The Morgan fingerprint density at radius 2 is 1.91 bits per heavy atom. The van der Waals surface area contributed by atoms with Gasteiger partial charge in [-0.1, -0.05) is 0 Å². The molecule has 1 N–H and O–H groups in total. The summed E-state index contributed by atoms with van der Waals surface area (Å²) < 4.78 is 37.3. The second-order valence-electron chi connectivity index (χ2n) is 6.68. The molecule has 2 aliphatic rings. The molecule has 126 valence electrons. The lowest BCUT2D eigenvalue weighted by Crippen LogP contribution is -2.59. The van der Waals surface area contributed by atoms with Crippen molar-refractivity contribution in [2.24, 2.45) is 11.3 Å². The van der Waals surface area contributed by atoms with Crippen molar-refractivity contribution >= 4 is 6.09 Å². The van der Waals surface area contributed by atoms with Gasteiger partial charge in [0.05, 0.1) is 11.9 Å². The zero-order valence-electron chi connectivity index (χ0n) is 12.5. The van der Waals surface area contributed by atoms with E-state index in [4.69, 9.17) is 5.11 Å². The van der Waals surface area contributed by atoms with Gasteiger partial charge >= 0.3 is 12.3 Å². The van der Waals surface area contributed by atoms with Gasteiger partial charge < -0.3 is 10.0 Å². The fourth-order valence-electron chi connectivity index (χ4n) is 3.61.